The number of unbranched alkanes of at least 4 members (excludes halogenated alkanes) is 6. The second-order valence-corrected chi connectivity index (χ2v) is 16.1. The van der Waals surface area contributed by atoms with Gasteiger partial charge in [-0.15, -0.1) is 0 Å². The van der Waals surface area contributed by atoms with E-state index in [9.17, 15) is 19.0 Å². The van der Waals surface area contributed by atoms with Crippen LogP contribution in [0.1, 0.15) is 122 Å². The SMILES string of the molecule is CC/C=C\C/C=C\C/C=C\C/C=C\CCCCC(=O)O[C@H](COC(=O)CCC/C=C\C/C=C\C/C=C\C/C=C\CCCCCO)COP(=O)([O-])OCC[N+](C)(C)C. The molecule has 0 aliphatic carbocycles. The highest BCUT2D eigenvalue weighted by Gasteiger charge is 2.21. The Labute approximate surface area is 346 Å². The van der Waals surface area contributed by atoms with Crippen molar-refractivity contribution in [2.24, 2.45) is 0 Å². The maximum absolute atomic E-state index is 12.6. The number of carbonyl (C=O) groups excluding carboxylic acids is 2. The third-order valence-electron chi connectivity index (χ3n) is 8.14. The monoisotopic (exact) mass is 818 g/mol. The number of hydrogen-bond donors (Lipinski definition) is 1. The number of phosphoric ester groups is 1. The molecule has 2 atom stereocenters. The van der Waals surface area contributed by atoms with Crippen molar-refractivity contribution in [3.05, 3.63) is 97.2 Å². The van der Waals surface area contributed by atoms with Crippen molar-refractivity contribution in [2.75, 3.05) is 54.1 Å². The van der Waals surface area contributed by atoms with Gasteiger partial charge >= 0.3 is 11.9 Å². The predicted octanol–water partition coefficient (Wildman–Crippen LogP) is 10.1. The first-order valence-electron chi connectivity index (χ1n) is 21.1. The Bertz CT molecular complexity index is 1290. The number of likely N-dealkylation sites (N-methyl/N-ethyl adjacent to an activating group) is 1. The molecule has 0 bridgehead atoms. The molecule has 0 aliphatic heterocycles. The van der Waals surface area contributed by atoms with E-state index in [2.05, 4.69) is 98.1 Å². The van der Waals surface area contributed by atoms with E-state index in [-0.39, 0.29) is 32.7 Å². The fraction of sp³-hybridized carbons (Fsp3) is 0.609. The minimum Gasteiger partial charge on any atom is -0.756 e. The van der Waals surface area contributed by atoms with E-state index in [1.165, 1.54) is 0 Å². The van der Waals surface area contributed by atoms with Gasteiger partial charge in [0.1, 0.15) is 19.8 Å². The van der Waals surface area contributed by atoms with E-state index in [4.69, 9.17) is 23.6 Å². The molecule has 10 nitrogen and oxygen atoms in total. The van der Waals surface area contributed by atoms with Crippen LogP contribution < -0.4 is 4.89 Å². The van der Waals surface area contributed by atoms with Crippen LogP contribution in [0.3, 0.4) is 0 Å². The van der Waals surface area contributed by atoms with Crippen molar-refractivity contribution in [3.8, 4) is 0 Å². The van der Waals surface area contributed by atoms with Gasteiger partial charge in [-0.3, -0.25) is 14.2 Å². The molecule has 1 unspecified atom stereocenters. The summed E-state index contributed by atoms with van der Waals surface area (Å²) in [6.45, 7) is 1.96. The quantitative estimate of drug-likeness (QED) is 0.0214. The van der Waals surface area contributed by atoms with E-state index in [1.807, 2.05) is 27.2 Å². The first-order chi connectivity index (χ1) is 27.5. The summed E-state index contributed by atoms with van der Waals surface area (Å²) in [7, 11) is 1.07. The molecule has 0 heterocycles. The topological polar surface area (TPSA) is 131 Å². The number of phosphoric acid groups is 1. The third kappa shape index (κ3) is 42.3. The molecule has 0 saturated heterocycles. The van der Waals surface area contributed by atoms with Crippen molar-refractivity contribution in [1.29, 1.82) is 0 Å². The summed E-state index contributed by atoms with van der Waals surface area (Å²) < 4.78 is 33.7. The maximum atomic E-state index is 12.6. The van der Waals surface area contributed by atoms with Crippen molar-refractivity contribution < 1.29 is 47.2 Å². The van der Waals surface area contributed by atoms with Gasteiger partial charge in [-0.25, -0.2) is 0 Å². The van der Waals surface area contributed by atoms with Gasteiger partial charge in [0.25, 0.3) is 7.82 Å². The average Bonchev–Trinajstić information content (AvgIpc) is 3.16. The van der Waals surface area contributed by atoms with Crippen molar-refractivity contribution in [3.63, 3.8) is 0 Å². The van der Waals surface area contributed by atoms with Crippen LogP contribution in [0.25, 0.3) is 0 Å². The number of aliphatic hydroxyl groups excluding tert-OH is 1. The zero-order valence-corrected chi connectivity index (χ0v) is 36.6. The lowest BCUT2D eigenvalue weighted by Gasteiger charge is -2.28. The van der Waals surface area contributed by atoms with Gasteiger partial charge in [0, 0.05) is 19.4 Å². The normalized spacial score (nSPS) is 14.6. The molecule has 0 aromatic rings. The number of carbonyl (C=O) groups is 2. The van der Waals surface area contributed by atoms with Gasteiger partial charge in [-0.1, -0.05) is 111 Å². The molecular formula is C46H76NO9P. The molecule has 1 N–H and O–H groups in total. The van der Waals surface area contributed by atoms with Crippen molar-refractivity contribution >= 4 is 19.8 Å². The Morgan fingerprint density at radius 3 is 1.54 bits per heavy atom. The number of quaternary nitrogens is 1. The summed E-state index contributed by atoms with van der Waals surface area (Å²) in [5.74, 6) is -0.976. The van der Waals surface area contributed by atoms with Crippen LogP contribution in [-0.4, -0.2) is 81.7 Å². The molecule has 0 amide bonds. The van der Waals surface area contributed by atoms with Gasteiger partial charge in [0.2, 0.25) is 0 Å². The molecule has 0 spiro atoms. The average molecular weight is 818 g/mol. The highest BCUT2D eigenvalue weighted by molar-refractivity contribution is 7.45. The summed E-state index contributed by atoms with van der Waals surface area (Å²) >= 11 is 0. The largest absolute Gasteiger partial charge is 0.756 e. The van der Waals surface area contributed by atoms with Crippen LogP contribution in [0, 0.1) is 0 Å². The first kappa shape index (κ1) is 53.9. The molecule has 0 rings (SSSR count). The zero-order valence-electron chi connectivity index (χ0n) is 35.7. The lowest BCUT2D eigenvalue weighted by molar-refractivity contribution is -0.870. The lowest BCUT2D eigenvalue weighted by Crippen LogP contribution is -2.37. The summed E-state index contributed by atoms with van der Waals surface area (Å²) in [5.41, 5.74) is 0. The molecule has 0 aromatic carbocycles. The number of nitrogens with zero attached hydrogens (tertiary/aromatic N) is 1. The predicted molar refractivity (Wildman–Crippen MR) is 232 cm³/mol. The Morgan fingerprint density at radius 2 is 1.05 bits per heavy atom. The molecule has 0 radical (unpaired) electrons. The molecule has 324 valence electrons. The smallest absolute Gasteiger partial charge is 0.306 e. The van der Waals surface area contributed by atoms with E-state index < -0.39 is 32.5 Å². The highest BCUT2D eigenvalue weighted by Crippen LogP contribution is 2.38. The standard InChI is InChI=1S/C46H76NO9P/c1-5-6-7-8-9-10-11-12-16-20-23-26-29-32-35-38-46(50)56-44(43-55-57(51,52)54-41-39-47(2,3)4)42-53-45(49)37-34-31-28-25-22-19-17-14-13-15-18-21-24-27-30-33-36-40-48/h6-7,9-10,12-13,15-17,19,21,23-26,28,44,48H,5,8,11,14,18,20,22,27,29-43H2,1-4H3/b7-6-,10-9-,15-13-,16-12-,19-17-,24-21-,26-23-,28-25-/t44-/m1/s1. The van der Waals surface area contributed by atoms with Crippen LogP contribution in [0.15, 0.2) is 97.2 Å². The Morgan fingerprint density at radius 1 is 0.596 bits per heavy atom. The van der Waals surface area contributed by atoms with Crippen LogP contribution in [-0.2, 0) is 32.7 Å². The molecule has 0 fully saturated rings. The molecule has 0 aliphatic rings. The van der Waals surface area contributed by atoms with Gasteiger partial charge in [0.05, 0.1) is 27.7 Å². The number of hydrogen-bond acceptors (Lipinski definition) is 9. The second-order valence-electron chi connectivity index (χ2n) is 14.7. The molecular weight excluding hydrogens is 741 g/mol. The van der Waals surface area contributed by atoms with E-state index >= 15 is 0 Å². The Hall–Kier alpha value is -3.11. The number of allylic oxidation sites excluding steroid dienone is 16. The van der Waals surface area contributed by atoms with Crippen molar-refractivity contribution in [2.45, 2.75) is 129 Å². The second kappa shape index (κ2) is 38.4. The van der Waals surface area contributed by atoms with Crippen LogP contribution in [0.5, 0.6) is 0 Å². The Kier molecular flexibility index (Phi) is 36.3. The van der Waals surface area contributed by atoms with E-state index in [0.29, 0.717) is 30.3 Å². The number of aliphatic hydroxyl groups is 1. The highest BCUT2D eigenvalue weighted by atomic mass is 31.2. The van der Waals surface area contributed by atoms with Crippen LogP contribution >= 0.6 is 7.82 Å². The summed E-state index contributed by atoms with van der Waals surface area (Å²) in [5, 5.41) is 8.79. The molecule has 11 heteroatoms. The summed E-state index contributed by atoms with van der Waals surface area (Å²) in [6.07, 6.45) is 47.5. The van der Waals surface area contributed by atoms with Gasteiger partial charge in [0.15, 0.2) is 6.10 Å². The van der Waals surface area contributed by atoms with Gasteiger partial charge in [-0.05, 0) is 96.3 Å². The van der Waals surface area contributed by atoms with Crippen molar-refractivity contribution in [1.82, 2.24) is 0 Å². The van der Waals surface area contributed by atoms with E-state index in [1.54, 1.807) is 0 Å². The Balaban J connectivity index is 4.56. The third-order valence-corrected chi connectivity index (χ3v) is 9.11. The lowest BCUT2D eigenvalue weighted by atomic mass is 10.2. The van der Waals surface area contributed by atoms with Gasteiger partial charge in [-0.2, -0.15) is 0 Å². The molecule has 0 aromatic heterocycles. The van der Waals surface area contributed by atoms with Crippen LogP contribution in [0.4, 0.5) is 0 Å². The summed E-state index contributed by atoms with van der Waals surface area (Å²) in [6, 6.07) is 0. The fourth-order valence-corrected chi connectivity index (χ4v) is 5.58. The first-order valence-corrected chi connectivity index (χ1v) is 22.5. The van der Waals surface area contributed by atoms with Gasteiger partial charge < -0.3 is 33.0 Å². The number of rotatable bonds is 37. The fourth-order valence-electron chi connectivity index (χ4n) is 4.85. The molecule has 0 saturated carbocycles. The van der Waals surface area contributed by atoms with E-state index in [0.717, 1.165) is 83.5 Å². The van der Waals surface area contributed by atoms with Crippen LogP contribution in [0.2, 0.25) is 0 Å². The minimum absolute atomic E-state index is 0.0579. The number of ether oxygens (including phenoxy) is 2. The number of esters is 2. The zero-order chi connectivity index (χ0) is 42.1. The summed E-state index contributed by atoms with van der Waals surface area (Å²) in [4.78, 5) is 37.4. The minimum atomic E-state index is -4.66. The molecule has 57 heavy (non-hydrogen) atoms. The maximum Gasteiger partial charge on any atom is 0.306 e.